The molecule has 2 aliphatic heterocycles. The van der Waals surface area contributed by atoms with Crippen molar-refractivity contribution in [3.8, 4) is 27.9 Å². The molecule has 0 saturated heterocycles. The van der Waals surface area contributed by atoms with E-state index in [2.05, 4.69) is 150 Å². The highest BCUT2D eigenvalue weighted by atomic mass is 15.1. The predicted octanol–water partition coefficient (Wildman–Crippen LogP) is 13.3. The summed E-state index contributed by atoms with van der Waals surface area (Å²) in [6, 6.07) is 53.2. The average molecular weight is 823 g/mol. The Labute approximate surface area is 375 Å². The minimum Gasteiger partial charge on any atom is -0.376 e. The smallest absolute Gasteiger partial charge is 0.333 e. The molecule has 9 saturated carbocycles. The molecule has 7 aromatic carbocycles. The lowest BCUT2D eigenvalue weighted by molar-refractivity contribution is -0.175. The van der Waals surface area contributed by atoms with Crippen molar-refractivity contribution in [2.45, 2.75) is 82.0 Å². The molecule has 19 rings (SSSR count). The van der Waals surface area contributed by atoms with E-state index in [9.17, 15) is 0 Å². The minimum atomic E-state index is 0.0364. The fraction of sp³-hybridized carbons (Fsp3) is 0.344. The first-order valence-electron chi connectivity index (χ1n) is 25.2. The molecule has 5 bridgehead atoms. The highest BCUT2D eigenvalue weighted by Crippen LogP contribution is 2.85. The first kappa shape index (κ1) is 33.9. The van der Waals surface area contributed by atoms with Crippen LogP contribution in [0.4, 0.5) is 11.4 Å². The fourth-order valence-corrected chi connectivity index (χ4v) is 19.7. The van der Waals surface area contributed by atoms with E-state index >= 15 is 0 Å². The Bertz CT molecular complexity index is 3480. The van der Waals surface area contributed by atoms with Crippen molar-refractivity contribution in [1.29, 1.82) is 0 Å². The van der Waals surface area contributed by atoms with Gasteiger partial charge in [-0.05, 0) is 214 Å². The van der Waals surface area contributed by atoms with Crippen LogP contribution < -0.4 is 15.7 Å². The lowest BCUT2D eigenvalue weighted by Gasteiger charge is -2.66. The van der Waals surface area contributed by atoms with Gasteiger partial charge in [-0.3, -0.25) is 0 Å². The average Bonchev–Trinajstić information content (AvgIpc) is 4.15. The second kappa shape index (κ2) is 10.6. The lowest BCUT2D eigenvalue weighted by atomic mass is 9.38. The molecule has 7 atom stereocenters. The van der Waals surface area contributed by atoms with Gasteiger partial charge in [-0.15, -0.1) is 0 Å². The molecule has 0 N–H and O–H groups in total. The monoisotopic (exact) mass is 822 g/mol. The molecule has 2 spiro atoms. The summed E-state index contributed by atoms with van der Waals surface area (Å²) in [7, 11) is 0. The summed E-state index contributed by atoms with van der Waals surface area (Å²) in [4.78, 5) is 2.80. The van der Waals surface area contributed by atoms with E-state index in [1.807, 2.05) is 0 Å². The van der Waals surface area contributed by atoms with Crippen LogP contribution in [0.25, 0.3) is 60.5 Å². The Balaban J connectivity index is 0.939. The van der Waals surface area contributed by atoms with Crippen molar-refractivity contribution in [2.75, 3.05) is 4.81 Å². The predicted molar refractivity (Wildman–Crippen MR) is 263 cm³/mol. The zero-order valence-electron chi connectivity index (χ0n) is 36.7. The standard InChI is InChI=1S/C61H51BN2/c1-34-19-49-47-17-13-37-9-5-6-10-46(37)56(47)64(45-15-11-36(12-16-45)35-7-3-2-4-8-35)62-52-26-40(58-29-43-22-41-23-44(30-58)61(41,43)33-58)25-50-48-24-39(14-18-53(48)63(57(50)52)54(20-34)55(49)62)59-28-42-21-38-27-60(42,32-59)51(38)31-59/h2-20,24-26,38,41-44,51H,21-23,27-33H2,1H3. The van der Waals surface area contributed by atoms with E-state index < -0.39 is 0 Å². The van der Waals surface area contributed by atoms with Gasteiger partial charge in [0.15, 0.2) is 0 Å². The normalized spacial score (nSPS) is 35.1. The zero-order chi connectivity index (χ0) is 41.2. The number of nitrogens with zero attached hydrogens (tertiary/aromatic N) is 2. The van der Waals surface area contributed by atoms with Crippen molar-refractivity contribution in [3.63, 3.8) is 0 Å². The van der Waals surface area contributed by atoms with E-state index in [0.29, 0.717) is 21.7 Å². The van der Waals surface area contributed by atoms with Crippen LogP contribution in [0.2, 0.25) is 0 Å². The van der Waals surface area contributed by atoms with Crippen LogP contribution in [0.3, 0.4) is 0 Å². The van der Waals surface area contributed by atoms with Crippen LogP contribution in [0.5, 0.6) is 0 Å². The number of hydrogen-bond acceptors (Lipinski definition) is 1. The van der Waals surface area contributed by atoms with Gasteiger partial charge in [-0.2, -0.15) is 0 Å². The Morgan fingerprint density at radius 1 is 0.578 bits per heavy atom. The molecule has 0 radical (unpaired) electrons. The van der Waals surface area contributed by atoms with Gasteiger partial charge in [0.25, 0.3) is 0 Å². The molecular formula is C61H51BN2. The molecule has 7 unspecified atom stereocenters. The van der Waals surface area contributed by atoms with Gasteiger partial charge >= 0.3 is 6.85 Å². The van der Waals surface area contributed by atoms with Crippen LogP contribution in [-0.2, 0) is 10.8 Å². The van der Waals surface area contributed by atoms with Crippen LogP contribution in [0.1, 0.15) is 80.9 Å². The fourth-order valence-electron chi connectivity index (χ4n) is 19.7. The molecule has 2 nitrogen and oxygen atoms in total. The highest BCUT2D eigenvalue weighted by molar-refractivity contribution is 6.94. The topological polar surface area (TPSA) is 8.17 Å². The van der Waals surface area contributed by atoms with Crippen molar-refractivity contribution in [3.05, 3.63) is 150 Å². The SMILES string of the molecule is Cc1cc2c3c(c1)-n1c4ccc(C56CC7CC8CC7(C5)C8C6)cc4c4cc(C56CC7CC8CC(C5)C87C6)cc(c41)B3N(c1ccc(-c3ccccc3)cc1)c1c-2ccc2ccccc12. The van der Waals surface area contributed by atoms with Crippen LogP contribution in [-0.4, -0.2) is 11.4 Å². The zero-order valence-corrected chi connectivity index (χ0v) is 36.7. The molecule has 9 aliphatic carbocycles. The Hall–Kier alpha value is -5.54. The van der Waals surface area contributed by atoms with Crippen molar-refractivity contribution >= 4 is 61.7 Å². The Morgan fingerprint density at radius 2 is 1.36 bits per heavy atom. The second-order valence-electron chi connectivity index (χ2n) is 23.8. The third-order valence-corrected chi connectivity index (χ3v) is 21.8. The maximum absolute atomic E-state index is 2.82. The van der Waals surface area contributed by atoms with E-state index in [0.717, 1.165) is 35.5 Å². The third kappa shape index (κ3) is 3.57. The first-order valence-corrected chi connectivity index (χ1v) is 25.2. The molecule has 8 aromatic rings. The summed E-state index contributed by atoms with van der Waals surface area (Å²) in [5.74, 6) is 5.92. The Kier molecular flexibility index (Phi) is 5.62. The molecule has 3 heteroatoms. The summed E-state index contributed by atoms with van der Waals surface area (Å²) < 4.78 is 2.77. The van der Waals surface area contributed by atoms with E-state index in [4.69, 9.17) is 0 Å². The summed E-state index contributed by atoms with van der Waals surface area (Å²) in [5, 5.41) is 5.69. The van der Waals surface area contributed by atoms with Gasteiger partial charge in [0.1, 0.15) is 0 Å². The van der Waals surface area contributed by atoms with Gasteiger partial charge in [-0.25, -0.2) is 0 Å². The van der Waals surface area contributed by atoms with Crippen molar-refractivity contribution in [2.24, 2.45) is 46.3 Å². The second-order valence-corrected chi connectivity index (χ2v) is 23.8. The minimum absolute atomic E-state index is 0.0364. The number of rotatable bonds is 4. The van der Waals surface area contributed by atoms with Crippen LogP contribution in [0.15, 0.2) is 133 Å². The highest BCUT2D eigenvalue weighted by Gasteiger charge is 2.78. The number of anilines is 2. The molecule has 1 aromatic heterocycles. The van der Waals surface area contributed by atoms with E-state index in [1.54, 1.807) is 11.1 Å². The van der Waals surface area contributed by atoms with Crippen LogP contribution >= 0.6 is 0 Å². The van der Waals surface area contributed by atoms with E-state index in [-0.39, 0.29) is 6.85 Å². The number of aryl methyl sites for hydroxylation is 1. The van der Waals surface area contributed by atoms with Gasteiger partial charge in [0.2, 0.25) is 0 Å². The summed E-state index contributed by atoms with van der Waals surface area (Å²) in [6.45, 7) is 2.37. The maximum atomic E-state index is 2.82. The quantitative estimate of drug-likeness (QED) is 0.161. The molecule has 3 heterocycles. The molecule has 11 aliphatic rings. The van der Waals surface area contributed by atoms with E-state index in [1.165, 1.54) is 153 Å². The van der Waals surface area contributed by atoms with Crippen molar-refractivity contribution in [1.82, 2.24) is 4.57 Å². The Morgan fingerprint density at radius 3 is 2.17 bits per heavy atom. The summed E-state index contributed by atoms with van der Waals surface area (Å²) in [5.41, 5.74) is 21.9. The molecule has 0 amide bonds. The van der Waals surface area contributed by atoms with Gasteiger partial charge in [0.05, 0.1) is 11.0 Å². The first-order chi connectivity index (χ1) is 31.4. The molecule has 9 fully saturated rings. The van der Waals surface area contributed by atoms with Crippen molar-refractivity contribution < 1.29 is 0 Å². The van der Waals surface area contributed by atoms with Gasteiger partial charge < -0.3 is 9.38 Å². The maximum Gasteiger partial charge on any atom is 0.333 e. The summed E-state index contributed by atoms with van der Waals surface area (Å²) in [6.07, 6.45) is 14.7. The van der Waals surface area contributed by atoms with Crippen LogP contribution in [0, 0.1) is 53.3 Å². The number of hydrogen-bond donors (Lipinski definition) is 0. The van der Waals surface area contributed by atoms with Gasteiger partial charge in [0, 0.05) is 38.8 Å². The number of fused-ring (bicyclic) bond motifs is 11. The molecular weight excluding hydrogens is 771 g/mol. The molecule has 64 heavy (non-hydrogen) atoms. The van der Waals surface area contributed by atoms with Gasteiger partial charge in [-0.1, -0.05) is 97.1 Å². The third-order valence-electron chi connectivity index (χ3n) is 21.8. The number of benzene rings is 7. The lowest BCUT2D eigenvalue weighted by Crippen LogP contribution is -2.61. The molecule has 308 valence electrons. The number of aromatic nitrogens is 1. The largest absolute Gasteiger partial charge is 0.376 e. The summed E-state index contributed by atoms with van der Waals surface area (Å²) >= 11 is 0.